The van der Waals surface area contributed by atoms with Crippen LogP contribution in [-0.2, 0) is 14.3 Å². The lowest BCUT2D eigenvalue weighted by atomic mass is 9.92. The first kappa shape index (κ1) is 25.1. The lowest BCUT2D eigenvalue weighted by molar-refractivity contribution is -0.130. The highest BCUT2D eigenvalue weighted by Gasteiger charge is 2.41. The zero-order chi connectivity index (χ0) is 24.2. The van der Waals surface area contributed by atoms with Gasteiger partial charge >= 0.3 is 0 Å². The fourth-order valence-electron chi connectivity index (χ4n) is 5.96. The van der Waals surface area contributed by atoms with Gasteiger partial charge in [0.25, 0.3) is 5.91 Å². The van der Waals surface area contributed by atoms with Crippen LogP contribution in [0.1, 0.15) is 77.7 Å². The maximum Gasteiger partial charge on any atom is 0.256 e. The number of unbranched alkanes of at least 4 members (excludes halogenated alkanes) is 1. The molecule has 0 aliphatic carbocycles. The molecular weight excluding hydrogens is 428 g/mol. The van der Waals surface area contributed by atoms with Gasteiger partial charge in [-0.25, -0.2) is 0 Å². The third-order valence-electron chi connectivity index (χ3n) is 7.85. The molecule has 4 rings (SSSR count). The van der Waals surface area contributed by atoms with Gasteiger partial charge in [0.05, 0.1) is 23.5 Å². The summed E-state index contributed by atoms with van der Waals surface area (Å²) in [5.41, 5.74) is 2.85. The maximum absolute atomic E-state index is 13.8. The van der Waals surface area contributed by atoms with Crippen molar-refractivity contribution in [3.63, 3.8) is 0 Å². The number of rotatable bonds is 7. The van der Waals surface area contributed by atoms with E-state index < -0.39 is 6.10 Å². The molecule has 7 heteroatoms. The first-order chi connectivity index (χ1) is 16.4. The molecule has 0 spiro atoms. The number of amides is 2. The molecule has 0 saturated carbocycles. The van der Waals surface area contributed by atoms with E-state index in [0.717, 1.165) is 50.4 Å². The van der Waals surface area contributed by atoms with Gasteiger partial charge in [0.15, 0.2) is 0 Å². The van der Waals surface area contributed by atoms with E-state index in [-0.39, 0.29) is 24.0 Å². The summed E-state index contributed by atoms with van der Waals surface area (Å²) < 4.78 is 6.41. The highest BCUT2D eigenvalue weighted by molar-refractivity contribution is 6.05. The van der Waals surface area contributed by atoms with Crippen molar-refractivity contribution in [2.24, 2.45) is 5.92 Å². The second kappa shape index (κ2) is 11.2. The van der Waals surface area contributed by atoms with Crippen LogP contribution in [0.4, 0.5) is 11.4 Å². The Morgan fingerprint density at radius 2 is 1.91 bits per heavy atom. The van der Waals surface area contributed by atoms with E-state index in [1.165, 1.54) is 24.8 Å². The Morgan fingerprint density at radius 3 is 2.59 bits per heavy atom. The van der Waals surface area contributed by atoms with Crippen molar-refractivity contribution < 1.29 is 14.3 Å². The summed E-state index contributed by atoms with van der Waals surface area (Å²) in [5.74, 6) is 0.906. The number of hydrogen-bond acceptors (Lipinski definition) is 5. The predicted octanol–water partition coefficient (Wildman–Crippen LogP) is 3.77. The lowest BCUT2D eigenvalue weighted by Crippen LogP contribution is -2.53. The zero-order valence-electron chi connectivity index (χ0n) is 21.3. The number of ether oxygens (including phenoxy) is 1. The molecule has 2 fully saturated rings. The summed E-state index contributed by atoms with van der Waals surface area (Å²) in [6.07, 6.45) is 6.17. The minimum absolute atomic E-state index is 0.00786. The SMILES string of the molecule is CCCCC(CC)C1CCC(C(=O)N2CC(C)N(C(C)=O)c3ccc(C4CNCNC4)cc32)O1. The van der Waals surface area contributed by atoms with Gasteiger partial charge in [-0.15, -0.1) is 0 Å². The minimum atomic E-state index is -0.397. The summed E-state index contributed by atoms with van der Waals surface area (Å²) in [6, 6.07) is 6.17. The fourth-order valence-corrected chi connectivity index (χ4v) is 5.96. The Bertz CT molecular complexity index is 869. The van der Waals surface area contributed by atoms with E-state index in [1.807, 2.05) is 22.8 Å². The van der Waals surface area contributed by atoms with Gasteiger partial charge in [0.1, 0.15) is 6.10 Å². The van der Waals surface area contributed by atoms with Crippen molar-refractivity contribution in [3.05, 3.63) is 23.8 Å². The van der Waals surface area contributed by atoms with E-state index in [9.17, 15) is 9.59 Å². The molecule has 4 unspecified atom stereocenters. The van der Waals surface area contributed by atoms with Gasteiger partial charge in [-0.05, 0) is 49.8 Å². The number of benzene rings is 1. The number of hydrogen-bond donors (Lipinski definition) is 2. The van der Waals surface area contributed by atoms with E-state index in [2.05, 4.69) is 36.6 Å². The quantitative estimate of drug-likeness (QED) is 0.635. The smallest absolute Gasteiger partial charge is 0.256 e. The van der Waals surface area contributed by atoms with Crippen molar-refractivity contribution in [3.8, 4) is 0 Å². The largest absolute Gasteiger partial charge is 0.365 e. The molecule has 3 aliphatic rings. The normalized spacial score (nSPS) is 26.4. The Kier molecular flexibility index (Phi) is 8.27. The maximum atomic E-state index is 13.8. The van der Waals surface area contributed by atoms with Crippen LogP contribution in [0.3, 0.4) is 0 Å². The monoisotopic (exact) mass is 470 g/mol. The summed E-state index contributed by atoms with van der Waals surface area (Å²) in [7, 11) is 0. The third kappa shape index (κ3) is 5.16. The average molecular weight is 471 g/mol. The number of fused-ring (bicyclic) bond motifs is 1. The topological polar surface area (TPSA) is 73.9 Å². The van der Waals surface area contributed by atoms with E-state index in [4.69, 9.17) is 4.74 Å². The number of nitrogens with one attached hydrogen (secondary N) is 2. The third-order valence-corrected chi connectivity index (χ3v) is 7.85. The van der Waals surface area contributed by atoms with Gasteiger partial charge in [-0.1, -0.05) is 39.2 Å². The van der Waals surface area contributed by atoms with Crippen molar-refractivity contribution in [2.75, 3.05) is 36.1 Å². The highest BCUT2D eigenvalue weighted by Crippen LogP contribution is 2.40. The second-order valence-corrected chi connectivity index (χ2v) is 10.3. The molecule has 34 heavy (non-hydrogen) atoms. The first-order valence-electron chi connectivity index (χ1n) is 13.3. The molecular formula is C27H42N4O3. The zero-order valence-corrected chi connectivity index (χ0v) is 21.3. The van der Waals surface area contributed by atoms with Crippen molar-refractivity contribution >= 4 is 23.2 Å². The molecule has 2 N–H and O–H groups in total. The Hall–Kier alpha value is -1.96. The van der Waals surface area contributed by atoms with Crippen LogP contribution < -0.4 is 20.4 Å². The van der Waals surface area contributed by atoms with E-state index in [1.54, 1.807) is 6.92 Å². The summed E-state index contributed by atoms with van der Waals surface area (Å²) >= 11 is 0. The molecule has 7 nitrogen and oxygen atoms in total. The Labute approximate surface area is 204 Å². The Morgan fingerprint density at radius 1 is 1.15 bits per heavy atom. The molecule has 1 aromatic carbocycles. The molecule has 2 amide bonds. The highest BCUT2D eigenvalue weighted by atomic mass is 16.5. The van der Waals surface area contributed by atoms with Gasteiger partial charge in [0, 0.05) is 39.1 Å². The number of anilines is 2. The molecule has 188 valence electrons. The van der Waals surface area contributed by atoms with Crippen molar-refractivity contribution in [1.29, 1.82) is 0 Å². The molecule has 0 aromatic heterocycles. The lowest BCUT2D eigenvalue weighted by Gasteiger charge is -2.42. The van der Waals surface area contributed by atoms with Crippen LogP contribution in [0, 0.1) is 5.92 Å². The number of nitrogens with zero attached hydrogens (tertiary/aromatic N) is 2. The molecule has 0 radical (unpaired) electrons. The number of carbonyl (C=O) groups is 2. The van der Waals surface area contributed by atoms with Crippen LogP contribution in [0.15, 0.2) is 18.2 Å². The van der Waals surface area contributed by atoms with E-state index in [0.29, 0.717) is 18.4 Å². The second-order valence-electron chi connectivity index (χ2n) is 10.3. The summed E-state index contributed by atoms with van der Waals surface area (Å²) in [4.78, 5) is 30.0. The summed E-state index contributed by atoms with van der Waals surface area (Å²) in [6.45, 7) is 11.2. The van der Waals surface area contributed by atoms with Gasteiger partial charge < -0.3 is 25.2 Å². The van der Waals surface area contributed by atoms with Crippen LogP contribution in [0.2, 0.25) is 0 Å². The molecule has 4 atom stereocenters. The predicted molar refractivity (Wildman–Crippen MR) is 136 cm³/mol. The number of carbonyl (C=O) groups excluding carboxylic acids is 2. The van der Waals surface area contributed by atoms with Gasteiger partial charge in [0.2, 0.25) is 5.91 Å². The van der Waals surface area contributed by atoms with Crippen LogP contribution in [-0.4, -0.2) is 56.4 Å². The molecule has 3 heterocycles. The van der Waals surface area contributed by atoms with E-state index >= 15 is 0 Å². The van der Waals surface area contributed by atoms with Crippen molar-refractivity contribution in [1.82, 2.24) is 10.6 Å². The average Bonchev–Trinajstić information content (AvgIpc) is 3.33. The molecule has 1 aromatic rings. The first-order valence-corrected chi connectivity index (χ1v) is 13.3. The molecule has 3 aliphatic heterocycles. The van der Waals surface area contributed by atoms with Crippen LogP contribution in [0.5, 0.6) is 0 Å². The molecule has 2 saturated heterocycles. The minimum Gasteiger partial charge on any atom is -0.365 e. The van der Waals surface area contributed by atoms with Crippen LogP contribution >= 0.6 is 0 Å². The standard InChI is InChI=1S/C27H42N4O3/c1-5-7-8-20(6-2)25-11-12-26(34-25)27(33)30-16-18(3)31(19(4)32)23-10-9-21(13-24(23)30)22-14-28-17-29-15-22/h9-10,13,18,20,22,25-26,28-29H,5-8,11-12,14-17H2,1-4H3. The van der Waals surface area contributed by atoms with Crippen LogP contribution in [0.25, 0.3) is 0 Å². The van der Waals surface area contributed by atoms with Crippen molar-refractivity contribution in [2.45, 2.75) is 90.4 Å². The summed E-state index contributed by atoms with van der Waals surface area (Å²) in [5, 5.41) is 6.77. The van der Waals surface area contributed by atoms with Gasteiger partial charge in [-0.3, -0.25) is 9.59 Å². The van der Waals surface area contributed by atoms with Gasteiger partial charge in [-0.2, -0.15) is 0 Å². The molecule has 0 bridgehead atoms. The Balaban J connectivity index is 1.58. The fraction of sp³-hybridized carbons (Fsp3) is 0.704.